The number of H-pyrrole nitrogens is 1. The highest BCUT2D eigenvalue weighted by molar-refractivity contribution is 4.86. The largest absolute Gasteiger partial charge is 0.349 e. The van der Waals surface area contributed by atoms with E-state index >= 15 is 0 Å². The van der Waals surface area contributed by atoms with E-state index in [4.69, 9.17) is 0 Å². The van der Waals surface area contributed by atoms with Crippen molar-refractivity contribution in [1.29, 1.82) is 0 Å². The van der Waals surface area contributed by atoms with Crippen molar-refractivity contribution in [3.63, 3.8) is 0 Å². The van der Waals surface area contributed by atoms with Crippen LogP contribution in [-0.4, -0.2) is 9.97 Å². The van der Waals surface area contributed by atoms with E-state index in [1.54, 1.807) is 0 Å². The van der Waals surface area contributed by atoms with Gasteiger partial charge in [-0.15, -0.1) is 0 Å². The van der Waals surface area contributed by atoms with Crippen LogP contribution in [0.15, 0.2) is 12.4 Å². The molecule has 2 nitrogen and oxygen atoms in total. The Bertz CT molecular complexity index is 358. The fraction of sp³-hybridized carbons (Fsp3) is 0.875. The van der Waals surface area contributed by atoms with Gasteiger partial charge in [0.15, 0.2) is 0 Å². The first-order valence-electron chi connectivity index (χ1n) is 11.9. The van der Waals surface area contributed by atoms with Crippen LogP contribution in [0.3, 0.4) is 0 Å². The molecule has 0 aliphatic heterocycles. The summed E-state index contributed by atoms with van der Waals surface area (Å²) in [6, 6.07) is 0. The van der Waals surface area contributed by atoms with E-state index in [0.717, 1.165) is 12.2 Å². The van der Waals surface area contributed by atoms with Gasteiger partial charge in [0.25, 0.3) is 0 Å². The molecule has 0 amide bonds. The Hall–Kier alpha value is -0.790. The molecule has 1 aromatic rings. The summed E-state index contributed by atoms with van der Waals surface area (Å²) >= 11 is 0. The lowest BCUT2D eigenvalue weighted by atomic mass is 10.0. The highest BCUT2D eigenvalue weighted by Crippen LogP contribution is 2.14. The summed E-state index contributed by atoms with van der Waals surface area (Å²) < 4.78 is 0. The number of unbranched alkanes of at least 4 members (excludes halogenated alkanes) is 18. The third-order valence-corrected chi connectivity index (χ3v) is 5.57. The zero-order valence-corrected chi connectivity index (χ0v) is 17.7. The molecule has 0 aromatic carbocycles. The summed E-state index contributed by atoms with van der Waals surface area (Å²) in [6.07, 6.45) is 32.3. The van der Waals surface area contributed by atoms with Crippen molar-refractivity contribution in [2.24, 2.45) is 0 Å². The van der Waals surface area contributed by atoms with Crippen molar-refractivity contribution >= 4 is 0 Å². The van der Waals surface area contributed by atoms with Gasteiger partial charge >= 0.3 is 0 Å². The third kappa shape index (κ3) is 15.5. The summed E-state index contributed by atoms with van der Waals surface area (Å²) in [5.41, 5.74) is 0. The molecule has 1 rings (SSSR count). The SMILES string of the molecule is CCCCCCCCCCCCCCCCCCCCCc1ncc[nH]1. The van der Waals surface area contributed by atoms with Crippen molar-refractivity contribution in [3.8, 4) is 0 Å². The first-order valence-corrected chi connectivity index (χ1v) is 11.9. The van der Waals surface area contributed by atoms with Gasteiger partial charge in [-0.25, -0.2) is 4.98 Å². The second-order valence-electron chi connectivity index (χ2n) is 8.15. The minimum Gasteiger partial charge on any atom is -0.349 e. The lowest BCUT2D eigenvalue weighted by molar-refractivity contribution is 0.523. The Kier molecular flexibility index (Phi) is 17.0. The van der Waals surface area contributed by atoms with Crippen LogP contribution in [0.1, 0.15) is 135 Å². The molecule has 2 heteroatoms. The first-order chi connectivity index (χ1) is 12.9. The van der Waals surface area contributed by atoms with Crippen LogP contribution in [0.5, 0.6) is 0 Å². The molecular formula is C24H46N2. The number of hydrogen-bond acceptors (Lipinski definition) is 1. The van der Waals surface area contributed by atoms with Crippen molar-refractivity contribution < 1.29 is 0 Å². The van der Waals surface area contributed by atoms with Crippen LogP contribution in [0.4, 0.5) is 0 Å². The van der Waals surface area contributed by atoms with E-state index < -0.39 is 0 Å². The molecule has 0 unspecified atom stereocenters. The molecule has 0 bridgehead atoms. The number of aryl methyl sites for hydroxylation is 1. The average Bonchev–Trinajstić information content (AvgIpc) is 3.17. The monoisotopic (exact) mass is 362 g/mol. The zero-order valence-electron chi connectivity index (χ0n) is 17.7. The summed E-state index contributed by atoms with van der Waals surface area (Å²) in [5.74, 6) is 1.15. The zero-order chi connectivity index (χ0) is 18.5. The van der Waals surface area contributed by atoms with Gasteiger partial charge in [0.1, 0.15) is 5.82 Å². The van der Waals surface area contributed by atoms with Gasteiger partial charge in [-0.2, -0.15) is 0 Å². The highest BCUT2D eigenvalue weighted by atomic mass is 14.9. The van der Waals surface area contributed by atoms with Gasteiger partial charge in [0, 0.05) is 18.8 Å². The van der Waals surface area contributed by atoms with E-state index in [9.17, 15) is 0 Å². The Morgan fingerprint density at radius 3 is 1.31 bits per heavy atom. The summed E-state index contributed by atoms with van der Waals surface area (Å²) in [7, 11) is 0. The van der Waals surface area contributed by atoms with Crippen molar-refractivity contribution in [2.75, 3.05) is 0 Å². The number of aromatic amines is 1. The summed E-state index contributed by atoms with van der Waals surface area (Å²) in [6.45, 7) is 2.30. The fourth-order valence-corrected chi connectivity index (χ4v) is 3.81. The third-order valence-electron chi connectivity index (χ3n) is 5.57. The Morgan fingerprint density at radius 1 is 0.577 bits per heavy atom. The van der Waals surface area contributed by atoms with E-state index in [1.807, 2.05) is 12.4 Å². The Labute approximate surface area is 164 Å². The summed E-state index contributed by atoms with van der Waals surface area (Å²) in [5, 5.41) is 0. The minimum atomic E-state index is 1.12. The Balaban J connectivity index is 1.65. The quantitative estimate of drug-likeness (QED) is 0.232. The number of aromatic nitrogens is 2. The van der Waals surface area contributed by atoms with E-state index in [1.165, 1.54) is 122 Å². The van der Waals surface area contributed by atoms with E-state index in [2.05, 4.69) is 16.9 Å². The molecule has 0 aliphatic carbocycles. The van der Waals surface area contributed by atoms with Crippen LogP contribution in [0.25, 0.3) is 0 Å². The maximum absolute atomic E-state index is 4.28. The van der Waals surface area contributed by atoms with E-state index in [-0.39, 0.29) is 0 Å². The predicted molar refractivity (Wildman–Crippen MR) is 116 cm³/mol. The van der Waals surface area contributed by atoms with Crippen molar-refractivity contribution in [3.05, 3.63) is 18.2 Å². The van der Waals surface area contributed by atoms with Crippen molar-refractivity contribution in [1.82, 2.24) is 9.97 Å². The number of hydrogen-bond donors (Lipinski definition) is 1. The van der Waals surface area contributed by atoms with Gasteiger partial charge in [0.2, 0.25) is 0 Å². The minimum absolute atomic E-state index is 1.12. The maximum Gasteiger partial charge on any atom is 0.105 e. The van der Waals surface area contributed by atoms with E-state index in [0.29, 0.717) is 0 Å². The van der Waals surface area contributed by atoms with Crippen LogP contribution in [-0.2, 0) is 6.42 Å². The molecule has 0 fully saturated rings. The summed E-state index contributed by atoms with van der Waals surface area (Å²) in [4.78, 5) is 7.46. The normalized spacial score (nSPS) is 11.3. The molecule has 0 aliphatic rings. The van der Waals surface area contributed by atoms with Crippen LogP contribution < -0.4 is 0 Å². The van der Waals surface area contributed by atoms with Crippen LogP contribution in [0, 0.1) is 0 Å². The fourth-order valence-electron chi connectivity index (χ4n) is 3.81. The van der Waals surface area contributed by atoms with Crippen LogP contribution in [0.2, 0.25) is 0 Å². The number of rotatable bonds is 20. The molecular weight excluding hydrogens is 316 g/mol. The molecule has 0 saturated heterocycles. The highest BCUT2D eigenvalue weighted by Gasteiger charge is 1.96. The number of nitrogens with zero attached hydrogens (tertiary/aromatic N) is 1. The number of imidazole rings is 1. The van der Waals surface area contributed by atoms with Crippen molar-refractivity contribution in [2.45, 2.75) is 135 Å². The maximum atomic E-state index is 4.28. The molecule has 26 heavy (non-hydrogen) atoms. The second-order valence-corrected chi connectivity index (χ2v) is 8.15. The number of nitrogens with one attached hydrogen (secondary N) is 1. The van der Waals surface area contributed by atoms with Gasteiger partial charge in [-0.05, 0) is 6.42 Å². The molecule has 1 aromatic heterocycles. The lowest BCUT2D eigenvalue weighted by Gasteiger charge is -2.04. The average molecular weight is 363 g/mol. The molecule has 0 saturated carbocycles. The molecule has 1 N–H and O–H groups in total. The molecule has 0 atom stereocenters. The first kappa shape index (κ1) is 23.2. The van der Waals surface area contributed by atoms with Gasteiger partial charge in [-0.1, -0.05) is 122 Å². The predicted octanol–water partition coefficient (Wildman–Crippen LogP) is 8.38. The van der Waals surface area contributed by atoms with Gasteiger partial charge < -0.3 is 4.98 Å². The van der Waals surface area contributed by atoms with Gasteiger partial charge in [-0.3, -0.25) is 0 Å². The smallest absolute Gasteiger partial charge is 0.105 e. The van der Waals surface area contributed by atoms with Crippen LogP contribution >= 0.6 is 0 Å². The molecule has 0 radical (unpaired) electrons. The molecule has 0 spiro atoms. The van der Waals surface area contributed by atoms with Gasteiger partial charge in [0.05, 0.1) is 0 Å². The Morgan fingerprint density at radius 2 is 0.962 bits per heavy atom. The second kappa shape index (κ2) is 19.0. The standard InChI is InChI=1S/C24H46N2/c1-2-3-4-5-6-7-8-9-10-11-12-13-14-15-16-17-18-19-20-21-24-25-22-23-26-24/h22-23H,2-21H2,1H3,(H,25,26). The lowest BCUT2D eigenvalue weighted by Crippen LogP contribution is -1.88. The topological polar surface area (TPSA) is 28.7 Å². The molecule has 1 heterocycles. The molecule has 152 valence electrons.